The fourth-order valence-electron chi connectivity index (χ4n) is 3.37. The lowest BCUT2D eigenvalue weighted by Crippen LogP contribution is -2.36. The summed E-state index contributed by atoms with van der Waals surface area (Å²) >= 11 is 0. The molecule has 1 heterocycles. The molecule has 3 atom stereocenters. The van der Waals surface area contributed by atoms with E-state index in [0.717, 1.165) is 23.3 Å². The van der Waals surface area contributed by atoms with Crippen LogP contribution < -0.4 is 10.6 Å². The predicted molar refractivity (Wildman–Crippen MR) is 93.5 cm³/mol. The Balaban J connectivity index is 1.70. The van der Waals surface area contributed by atoms with Crippen LogP contribution in [-0.4, -0.2) is 19.0 Å². The molecule has 2 aromatic carbocycles. The largest absolute Gasteiger partial charge is 0.416 e. The van der Waals surface area contributed by atoms with Crippen molar-refractivity contribution in [2.75, 3.05) is 13.1 Å². The van der Waals surface area contributed by atoms with E-state index in [9.17, 15) is 18.0 Å². The van der Waals surface area contributed by atoms with Crippen LogP contribution in [-0.2, 0) is 11.0 Å². The van der Waals surface area contributed by atoms with Gasteiger partial charge in [-0.1, -0.05) is 42.5 Å². The van der Waals surface area contributed by atoms with Crippen LogP contribution in [0.1, 0.15) is 35.6 Å². The van der Waals surface area contributed by atoms with Gasteiger partial charge in [-0.3, -0.25) is 4.79 Å². The molecule has 0 radical (unpaired) electrons. The second kappa shape index (κ2) is 7.50. The number of hydrogen-bond donors (Lipinski definition) is 2. The Morgan fingerprint density at radius 2 is 1.73 bits per heavy atom. The summed E-state index contributed by atoms with van der Waals surface area (Å²) in [5.74, 6) is -0.533. The van der Waals surface area contributed by atoms with Gasteiger partial charge < -0.3 is 10.6 Å². The third-order valence-electron chi connectivity index (χ3n) is 4.88. The van der Waals surface area contributed by atoms with E-state index in [2.05, 4.69) is 10.6 Å². The Bertz CT molecular complexity index is 744. The molecule has 2 aromatic rings. The first-order valence-electron chi connectivity index (χ1n) is 8.59. The second-order valence-electron chi connectivity index (χ2n) is 6.63. The fourth-order valence-corrected chi connectivity index (χ4v) is 3.37. The van der Waals surface area contributed by atoms with Crippen molar-refractivity contribution in [2.24, 2.45) is 5.92 Å². The first-order chi connectivity index (χ1) is 12.4. The average Bonchev–Trinajstić information content (AvgIpc) is 3.11. The number of carbonyl (C=O) groups excluding carboxylic acids is 1. The number of alkyl halides is 3. The van der Waals surface area contributed by atoms with Gasteiger partial charge in [-0.15, -0.1) is 0 Å². The Hall–Kier alpha value is -2.34. The molecule has 0 aromatic heterocycles. The molecule has 138 valence electrons. The summed E-state index contributed by atoms with van der Waals surface area (Å²) in [5, 5.41) is 6.19. The van der Waals surface area contributed by atoms with E-state index >= 15 is 0 Å². The van der Waals surface area contributed by atoms with Gasteiger partial charge in [0.05, 0.1) is 17.5 Å². The summed E-state index contributed by atoms with van der Waals surface area (Å²) in [6, 6.07) is 14.6. The summed E-state index contributed by atoms with van der Waals surface area (Å²) in [5.41, 5.74) is 1.08. The topological polar surface area (TPSA) is 41.1 Å². The molecule has 0 saturated carbocycles. The van der Waals surface area contributed by atoms with Crippen molar-refractivity contribution in [3.63, 3.8) is 0 Å². The van der Waals surface area contributed by atoms with Crippen LogP contribution in [0.15, 0.2) is 54.6 Å². The molecule has 1 amide bonds. The Morgan fingerprint density at radius 1 is 1.08 bits per heavy atom. The minimum Gasteiger partial charge on any atom is -0.349 e. The van der Waals surface area contributed by atoms with E-state index in [1.54, 1.807) is 0 Å². The second-order valence-corrected chi connectivity index (χ2v) is 6.63. The van der Waals surface area contributed by atoms with Crippen LogP contribution >= 0.6 is 0 Å². The zero-order valence-corrected chi connectivity index (χ0v) is 14.4. The van der Waals surface area contributed by atoms with Crippen LogP contribution in [0.25, 0.3) is 0 Å². The van der Waals surface area contributed by atoms with Gasteiger partial charge in [-0.05, 0) is 30.2 Å². The Kier molecular flexibility index (Phi) is 5.32. The fraction of sp³-hybridized carbons (Fsp3) is 0.350. The Morgan fingerprint density at radius 3 is 2.35 bits per heavy atom. The summed E-state index contributed by atoms with van der Waals surface area (Å²) in [7, 11) is 0. The third kappa shape index (κ3) is 4.07. The smallest absolute Gasteiger partial charge is 0.349 e. The van der Waals surface area contributed by atoms with Gasteiger partial charge in [0.1, 0.15) is 0 Å². The first-order valence-corrected chi connectivity index (χ1v) is 8.59. The monoisotopic (exact) mass is 362 g/mol. The zero-order valence-electron chi connectivity index (χ0n) is 14.4. The maximum Gasteiger partial charge on any atom is 0.416 e. The molecule has 0 bridgehead atoms. The maximum atomic E-state index is 12.7. The van der Waals surface area contributed by atoms with Crippen LogP contribution in [0.4, 0.5) is 13.2 Å². The highest BCUT2D eigenvalue weighted by Gasteiger charge is 2.35. The van der Waals surface area contributed by atoms with Crippen molar-refractivity contribution in [2.45, 2.75) is 25.1 Å². The summed E-state index contributed by atoms with van der Waals surface area (Å²) in [4.78, 5) is 12.7. The van der Waals surface area contributed by atoms with E-state index in [-0.39, 0.29) is 23.8 Å². The number of nitrogens with one attached hydrogen (secondary N) is 2. The number of benzene rings is 2. The predicted octanol–water partition coefficient (Wildman–Crippen LogP) is 3.89. The van der Waals surface area contributed by atoms with E-state index in [1.165, 1.54) is 12.1 Å². The van der Waals surface area contributed by atoms with E-state index in [4.69, 9.17) is 0 Å². The summed E-state index contributed by atoms with van der Waals surface area (Å²) < 4.78 is 38.2. The number of rotatable bonds is 4. The normalized spacial score (nSPS) is 21.4. The van der Waals surface area contributed by atoms with Crippen molar-refractivity contribution in [3.8, 4) is 0 Å². The van der Waals surface area contributed by atoms with Gasteiger partial charge in [0, 0.05) is 19.0 Å². The van der Waals surface area contributed by atoms with Gasteiger partial charge >= 0.3 is 6.18 Å². The van der Waals surface area contributed by atoms with E-state index < -0.39 is 11.7 Å². The van der Waals surface area contributed by atoms with Gasteiger partial charge in [0.25, 0.3) is 0 Å². The molecule has 0 unspecified atom stereocenters. The number of hydrogen-bond acceptors (Lipinski definition) is 2. The molecule has 1 fully saturated rings. The number of amides is 1. The van der Waals surface area contributed by atoms with Gasteiger partial charge in [0.2, 0.25) is 5.91 Å². The SMILES string of the molecule is C[C@H](NC(=O)[C@@H]1CNC[C@H]1c1ccc(C(F)(F)F)cc1)c1ccccc1. The lowest BCUT2D eigenvalue weighted by atomic mass is 9.87. The highest BCUT2D eigenvalue weighted by Crippen LogP contribution is 2.33. The highest BCUT2D eigenvalue weighted by atomic mass is 19.4. The molecule has 1 aliphatic heterocycles. The molecule has 3 nitrogen and oxygen atoms in total. The minimum atomic E-state index is -4.35. The van der Waals surface area contributed by atoms with E-state index in [1.807, 2.05) is 37.3 Å². The third-order valence-corrected chi connectivity index (χ3v) is 4.88. The molecule has 26 heavy (non-hydrogen) atoms. The molecule has 0 spiro atoms. The molecule has 2 N–H and O–H groups in total. The first kappa shape index (κ1) is 18.5. The maximum absolute atomic E-state index is 12.7. The van der Waals surface area contributed by atoms with Gasteiger partial charge in [-0.25, -0.2) is 0 Å². The molecule has 0 aliphatic carbocycles. The van der Waals surface area contributed by atoms with Crippen molar-refractivity contribution in [1.29, 1.82) is 0 Å². The van der Waals surface area contributed by atoms with Gasteiger partial charge in [-0.2, -0.15) is 13.2 Å². The van der Waals surface area contributed by atoms with Crippen molar-refractivity contribution in [3.05, 3.63) is 71.3 Å². The quantitative estimate of drug-likeness (QED) is 0.867. The summed E-state index contributed by atoms with van der Waals surface area (Å²) in [6.07, 6.45) is -4.35. The Labute approximate surface area is 150 Å². The number of halogens is 3. The van der Waals surface area contributed by atoms with Crippen LogP contribution in [0, 0.1) is 5.92 Å². The van der Waals surface area contributed by atoms with Crippen molar-refractivity contribution in [1.82, 2.24) is 10.6 Å². The van der Waals surface area contributed by atoms with Gasteiger partial charge in [0.15, 0.2) is 0 Å². The zero-order chi connectivity index (χ0) is 18.7. The standard InChI is InChI=1S/C20H21F3N2O/c1-13(14-5-3-2-4-6-14)25-19(26)18-12-24-11-17(18)15-7-9-16(10-8-15)20(21,22)23/h2-10,13,17-18,24H,11-12H2,1H3,(H,25,26)/t13-,17-,18+/m0/s1. The average molecular weight is 362 g/mol. The van der Waals surface area contributed by atoms with Crippen LogP contribution in [0.3, 0.4) is 0 Å². The van der Waals surface area contributed by atoms with E-state index in [0.29, 0.717) is 13.1 Å². The molecule has 1 aliphatic rings. The minimum absolute atomic E-state index is 0.0868. The summed E-state index contributed by atoms with van der Waals surface area (Å²) in [6.45, 7) is 3.00. The molecular weight excluding hydrogens is 341 g/mol. The molecule has 6 heteroatoms. The lowest BCUT2D eigenvalue weighted by molar-refractivity contribution is -0.137. The van der Waals surface area contributed by atoms with Crippen molar-refractivity contribution >= 4 is 5.91 Å². The molecule has 3 rings (SSSR count). The van der Waals surface area contributed by atoms with Crippen LogP contribution in [0.2, 0.25) is 0 Å². The van der Waals surface area contributed by atoms with Crippen molar-refractivity contribution < 1.29 is 18.0 Å². The lowest BCUT2D eigenvalue weighted by Gasteiger charge is -2.22. The molecular formula is C20H21F3N2O. The molecule has 1 saturated heterocycles. The van der Waals surface area contributed by atoms with Crippen LogP contribution in [0.5, 0.6) is 0 Å². The highest BCUT2D eigenvalue weighted by molar-refractivity contribution is 5.81. The number of carbonyl (C=O) groups is 1.